The molecule has 0 bridgehead atoms. The summed E-state index contributed by atoms with van der Waals surface area (Å²) in [6, 6.07) is 14.6. The lowest BCUT2D eigenvalue weighted by atomic mass is 10.1. The van der Waals surface area contributed by atoms with Crippen LogP contribution < -0.4 is 10.1 Å². The SMILES string of the molecule is COc1ccc(C(=O)CCCC(=O)Nc2ccc(C)cc2)cc1. The Hall–Kier alpha value is -2.62. The number of aryl methyl sites for hydroxylation is 1. The van der Waals surface area contributed by atoms with E-state index in [1.165, 1.54) is 0 Å². The predicted octanol–water partition coefficient (Wildman–Crippen LogP) is 4.00. The van der Waals surface area contributed by atoms with Crippen molar-refractivity contribution in [3.63, 3.8) is 0 Å². The molecule has 0 heterocycles. The minimum absolute atomic E-state index is 0.0378. The number of anilines is 1. The average molecular weight is 311 g/mol. The number of nitrogens with one attached hydrogen (secondary N) is 1. The van der Waals surface area contributed by atoms with Crippen LogP contribution in [-0.4, -0.2) is 18.8 Å². The van der Waals surface area contributed by atoms with Crippen LogP contribution in [0.25, 0.3) is 0 Å². The summed E-state index contributed by atoms with van der Waals surface area (Å²) in [6.07, 6.45) is 1.21. The van der Waals surface area contributed by atoms with Crippen molar-refractivity contribution in [1.29, 1.82) is 0 Å². The lowest BCUT2D eigenvalue weighted by molar-refractivity contribution is -0.116. The second-order valence-electron chi connectivity index (χ2n) is 5.42. The van der Waals surface area contributed by atoms with Crippen molar-refractivity contribution in [2.75, 3.05) is 12.4 Å². The van der Waals surface area contributed by atoms with Gasteiger partial charge in [0.2, 0.25) is 5.91 Å². The zero-order valence-electron chi connectivity index (χ0n) is 13.5. The summed E-state index contributed by atoms with van der Waals surface area (Å²) in [5.41, 5.74) is 2.57. The number of carbonyl (C=O) groups is 2. The number of hydrogen-bond acceptors (Lipinski definition) is 3. The first-order valence-electron chi connectivity index (χ1n) is 7.62. The van der Waals surface area contributed by atoms with E-state index < -0.39 is 0 Å². The van der Waals surface area contributed by atoms with Gasteiger partial charge in [-0.25, -0.2) is 0 Å². The highest BCUT2D eigenvalue weighted by Crippen LogP contribution is 2.14. The highest BCUT2D eigenvalue weighted by atomic mass is 16.5. The van der Waals surface area contributed by atoms with Gasteiger partial charge in [0, 0.05) is 24.1 Å². The van der Waals surface area contributed by atoms with Crippen molar-refractivity contribution in [3.8, 4) is 5.75 Å². The van der Waals surface area contributed by atoms with E-state index >= 15 is 0 Å². The quantitative estimate of drug-likeness (QED) is 0.786. The predicted molar refractivity (Wildman–Crippen MR) is 91.0 cm³/mol. The van der Waals surface area contributed by atoms with E-state index in [0.717, 1.165) is 17.0 Å². The zero-order valence-corrected chi connectivity index (χ0v) is 13.5. The Balaban J connectivity index is 1.76. The number of carbonyl (C=O) groups excluding carboxylic acids is 2. The molecule has 2 rings (SSSR count). The highest BCUT2D eigenvalue weighted by Gasteiger charge is 2.08. The van der Waals surface area contributed by atoms with Gasteiger partial charge in [-0.15, -0.1) is 0 Å². The number of benzene rings is 2. The third kappa shape index (κ3) is 5.25. The number of ketones is 1. The molecule has 0 radical (unpaired) electrons. The molecule has 120 valence electrons. The smallest absolute Gasteiger partial charge is 0.224 e. The Morgan fingerprint density at radius 3 is 2.22 bits per heavy atom. The summed E-state index contributed by atoms with van der Waals surface area (Å²) in [7, 11) is 1.59. The maximum absolute atomic E-state index is 12.0. The molecule has 23 heavy (non-hydrogen) atoms. The molecule has 4 nitrogen and oxygen atoms in total. The van der Waals surface area contributed by atoms with E-state index in [-0.39, 0.29) is 11.7 Å². The molecule has 0 atom stereocenters. The van der Waals surface area contributed by atoms with Crippen LogP contribution in [0.1, 0.15) is 35.2 Å². The van der Waals surface area contributed by atoms with Crippen molar-refractivity contribution in [3.05, 3.63) is 59.7 Å². The van der Waals surface area contributed by atoms with E-state index in [4.69, 9.17) is 4.74 Å². The van der Waals surface area contributed by atoms with Gasteiger partial charge >= 0.3 is 0 Å². The summed E-state index contributed by atoms with van der Waals surface area (Å²) in [6.45, 7) is 2.00. The Morgan fingerprint density at radius 2 is 1.61 bits per heavy atom. The van der Waals surface area contributed by atoms with E-state index in [0.29, 0.717) is 24.8 Å². The van der Waals surface area contributed by atoms with Crippen molar-refractivity contribution in [2.45, 2.75) is 26.2 Å². The fourth-order valence-electron chi connectivity index (χ4n) is 2.19. The maximum Gasteiger partial charge on any atom is 0.224 e. The van der Waals surface area contributed by atoms with E-state index in [1.807, 2.05) is 31.2 Å². The van der Waals surface area contributed by atoms with Crippen molar-refractivity contribution in [2.24, 2.45) is 0 Å². The average Bonchev–Trinajstić information content (AvgIpc) is 2.57. The highest BCUT2D eigenvalue weighted by molar-refractivity contribution is 5.96. The number of rotatable bonds is 7. The molecule has 0 spiro atoms. The molecular weight excluding hydrogens is 290 g/mol. The molecule has 0 saturated carbocycles. The van der Waals surface area contributed by atoms with Gasteiger partial charge in [-0.05, 0) is 49.7 Å². The fourth-order valence-corrected chi connectivity index (χ4v) is 2.19. The monoisotopic (exact) mass is 311 g/mol. The molecule has 0 aromatic heterocycles. The summed E-state index contributed by atoms with van der Waals surface area (Å²) in [5, 5.41) is 2.83. The van der Waals surface area contributed by atoms with E-state index in [9.17, 15) is 9.59 Å². The Morgan fingerprint density at radius 1 is 0.957 bits per heavy atom. The van der Waals surface area contributed by atoms with Gasteiger partial charge in [-0.2, -0.15) is 0 Å². The molecule has 2 aromatic rings. The summed E-state index contributed by atoms with van der Waals surface area (Å²) in [4.78, 5) is 23.9. The number of Topliss-reactive ketones (excluding diaryl/α,β-unsaturated/α-hetero) is 1. The Kier molecular flexibility index (Phi) is 5.92. The molecule has 1 N–H and O–H groups in total. The first-order chi connectivity index (χ1) is 11.1. The number of methoxy groups -OCH3 is 1. The summed E-state index contributed by atoms with van der Waals surface area (Å²) >= 11 is 0. The van der Waals surface area contributed by atoms with Gasteiger partial charge in [-0.3, -0.25) is 9.59 Å². The second kappa shape index (κ2) is 8.13. The molecule has 2 aromatic carbocycles. The van der Waals surface area contributed by atoms with Crippen LogP contribution in [-0.2, 0) is 4.79 Å². The molecule has 1 amide bonds. The minimum Gasteiger partial charge on any atom is -0.497 e. The van der Waals surface area contributed by atoms with Crippen molar-refractivity contribution >= 4 is 17.4 Å². The van der Waals surface area contributed by atoms with Crippen LogP contribution >= 0.6 is 0 Å². The third-order valence-electron chi connectivity index (χ3n) is 3.55. The topological polar surface area (TPSA) is 55.4 Å². The van der Waals surface area contributed by atoms with Gasteiger partial charge in [0.25, 0.3) is 0 Å². The van der Waals surface area contributed by atoms with Crippen LogP contribution in [0.2, 0.25) is 0 Å². The van der Waals surface area contributed by atoms with Crippen molar-refractivity contribution < 1.29 is 14.3 Å². The molecule has 0 fully saturated rings. The maximum atomic E-state index is 12.0. The van der Waals surface area contributed by atoms with Gasteiger partial charge in [-0.1, -0.05) is 17.7 Å². The third-order valence-corrected chi connectivity index (χ3v) is 3.55. The first kappa shape index (κ1) is 16.7. The minimum atomic E-state index is -0.0728. The fraction of sp³-hybridized carbons (Fsp3) is 0.263. The standard InChI is InChI=1S/C19H21NO3/c1-14-6-10-16(11-7-14)20-19(22)5-3-4-18(21)15-8-12-17(23-2)13-9-15/h6-13H,3-5H2,1-2H3,(H,20,22). The van der Waals surface area contributed by atoms with E-state index in [2.05, 4.69) is 5.32 Å². The molecule has 0 aliphatic heterocycles. The van der Waals surface area contributed by atoms with Gasteiger partial charge in [0.15, 0.2) is 5.78 Å². The first-order valence-corrected chi connectivity index (χ1v) is 7.62. The molecular formula is C19H21NO3. The van der Waals surface area contributed by atoms with Crippen LogP contribution in [0.5, 0.6) is 5.75 Å². The molecule has 4 heteroatoms. The van der Waals surface area contributed by atoms with Gasteiger partial charge in [0.05, 0.1) is 7.11 Å². The number of hydrogen-bond donors (Lipinski definition) is 1. The second-order valence-corrected chi connectivity index (χ2v) is 5.42. The summed E-state index contributed by atoms with van der Waals surface area (Å²) < 4.78 is 5.06. The lowest BCUT2D eigenvalue weighted by Crippen LogP contribution is -2.12. The number of ether oxygens (including phenoxy) is 1. The van der Waals surface area contributed by atoms with Crippen LogP contribution in [0.3, 0.4) is 0 Å². The van der Waals surface area contributed by atoms with Gasteiger partial charge < -0.3 is 10.1 Å². The van der Waals surface area contributed by atoms with Crippen LogP contribution in [0.4, 0.5) is 5.69 Å². The molecule has 0 saturated heterocycles. The van der Waals surface area contributed by atoms with Crippen LogP contribution in [0.15, 0.2) is 48.5 Å². The van der Waals surface area contributed by atoms with Gasteiger partial charge in [0.1, 0.15) is 5.75 Å². The van der Waals surface area contributed by atoms with E-state index in [1.54, 1.807) is 31.4 Å². The van der Waals surface area contributed by atoms with Crippen molar-refractivity contribution in [1.82, 2.24) is 0 Å². The lowest BCUT2D eigenvalue weighted by Gasteiger charge is -2.06. The Bertz CT molecular complexity index is 660. The zero-order chi connectivity index (χ0) is 16.7. The number of amides is 1. The normalized spacial score (nSPS) is 10.2. The molecule has 0 unspecified atom stereocenters. The largest absolute Gasteiger partial charge is 0.497 e. The molecule has 0 aliphatic carbocycles. The molecule has 0 aliphatic rings. The summed E-state index contributed by atoms with van der Waals surface area (Å²) in [5.74, 6) is 0.686. The van der Waals surface area contributed by atoms with Crippen LogP contribution in [0, 0.1) is 6.92 Å². The Labute approximate surface area is 136 Å².